The van der Waals surface area contributed by atoms with Crippen LogP contribution < -0.4 is 5.43 Å². The van der Waals surface area contributed by atoms with Gasteiger partial charge in [0.15, 0.2) is 0 Å². The smallest absolute Gasteiger partial charge is 0.269 e. The summed E-state index contributed by atoms with van der Waals surface area (Å²) in [6, 6.07) is 7.73. The van der Waals surface area contributed by atoms with Crippen molar-refractivity contribution in [3.8, 4) is 0 Å². The van der Waals surface area contributed by atoms with Crippen LogP contribution in [0.3, 0.4) is 0 Å². The summed E-state index contributed by atoms with van der Waals surface area (Å²) < 4.78 is 0. The number of carbonyl (C=O) groups excluding carboxylic acids is 1. The first-order chi connectivity index (χ1) is 7.33. The molecule has 3 nitrogen and oxygen atoms in total. The number of benzene rings is 1. The standard InChI is InChI=1S/C11H14N2OS/c1-15-10-6-3-2-5-9(10)11(14)13-8-4-7-12-13/h2-3,5-6,12H,4,7-8H2,1H3. The lowest BCUT2D eigenvalue weighted by Crippen LogP contribution is -2.37. The van der Waals surface area contributed by atoms with Crippen LogP contribution >= 0.6 is 11.8 Å². The van der Waals surface area contributed by atoms with Gasteiger partial charge < -0.3 is 0 Å². The lowest BCUT2D eigenvalue weighted by atomic mass is 10.2. The van der Waals surface area contributed by atoms with E-state index in [0.29, 0.717) is 0 Å². The number of hydrogen-bond donors (Lipinski definition) is 1. The minimum atomic E-state index is 0.0810. The number of amides is 1. The number of nitrogens with one attached hydrogen (secondary N) is 1. The molecule has 1 fully saturated rings. The zero-order valence-corrected chi connectivity index (χ0v) is 9.51. The number of hydrazine groups is 1. The van der Waals surface area contributed by atoms with Crippen molar-refractivity contribution in [2.75, 3.05) is 19.3 Å². The lowest BCUT2D eigenvalue weighted by Gasteiger charge is -2.16. The molecule has 0 saturated carbocycles. The molecule has 15 heavy (non-hydrogen) atoms. The predicted octanol–water partition coefficient (Wildman–Crippen LogP) is 1.76. The maximum absolute atomic E-state index is 12.1. The van der Waals surface area contributed by atoms with Crippen LogP contribution in [0.4, 0.5) is 0 Å². The third-order valence-electron chi connectivity index (χ3n) is 2.44. The van der Waals surface area contributed by atoms with E-state index in [4.69, 9.17) is 0 Å². The molecule has 80 valence electrons. The van der Waals surface area contributed by atoms with E-state index in [1.807, 2.05) is 30.5 Å². The van der Waals surface area contributed by atoms with Crippen LogP contribution in [0, 0.1) is 0 Å². The van der Waals surface area contributed by atoms with Crippen molar-refractivity contribution in [3.05, 3.63) is 29.8 Å². The van der Waals surface area contributed by atoms with Crippen LogP contribution in [0.15, 0.2) is 29.2 Å². The zero-order valence-electron chi connectivity index (χ0n) is 8.69. The second kappa shape index (κ2) is 4.68. The highest BCUT2D eigenvalue weighted by molar-refractivity contribution is 7.98. The molecule has 1 aromatic rings. The zero-order chi connectivity index (χ0) is 10.7. The third-order valence-corrected chi connectivity index (χ3v) is 3.24. The maximum Gasteiger partial charge on any atom is 0.269 e. The van der Waals surface area contributed by atoms with Crippen molar-refractivity contribution in [3.63, 3.8) is 0 Å². The topological polar surface area (TPSA) is 32.3 Å². The van der Waals surface area contributed by atoms with Gasteiger partial charge in [-0.15, -0.1) is 11.8 Å². The quantitative estimate of drug-likeness (QED) is 0.774. The van der Waals surface area contributed by atoms with E-state index in [0.717, 1.165) is 30.0 Å². The van der Waals surface area contributed by atoms with Gasteiger partial charge >= 0.3 is 0 Å². The number of nitrogens with zero attached hydrogens (tertiary/aromatic N) is 1. The first-order valence-corrected chi connectivity index (χ1v) is 6.24. The van der Waals surface area contributed by atoms with Crippen molar-refractivity contribution in [1.82, 2.24) is 10.4 Å². The minimum absolute atomic E-state index is 0.0810. The highest BCUT2D eigenvalue weighted by Crippen LogP contribution is 2.21. The summed E-state index contributed by atoms with van der Waals surface area (Å²) in [7, 11) is 0. The fourth-order valence-corrected chi connectivity index (χ4v) is 2.26. The molecule has 1 N–H and O–H groups in total. The predicted molar refractivity (Wildman–Crippen MR) is 61.9 cm³/mol. The van der Waals surface area contributed by atoms with E-state index in [1.165, 1.54) is 0 Å². The summed E-state index contributed by atoms with van der Waals surface area (Å²) in [5.74, 6) is 0.0810. The normalized spacial score (nSPS) is 15.7. The molecule has 0 radical (unpaired) electrons. The van der Waals surface area contributed by atoms with Gasteiger partial charge in [-0.1, -0.05) is 12.1 Å². The summed E-state index contributed by atoms with van der Waals surface area (Å²) in [5, 5.41) is 1.70. The molecule has 2 rings (SSSR count). The van der Waals surface area contributed by atoms with Gasteiger partial charge in [0.2, 0.25) is 0 Å². The Kier molecular flexibility index (Phi) is 3.28. The van der Waals surface area contributed by atoms with Gasteiger partial charge in [0, 0.05) is 18.0 Å². The van der Waals surface area contributed by atoms with Crippen LogP contribution in [0.1, 0.15) is 16.8 Å². The molecule has 0 bridgehead atoms. The van der Waals surface area contributed by atoms with E-state index in [9.17, 15) is 4.79 Å². The minimum Gasteiger partial charge on any atom is -0.274 e. The van der Waals surface area contributed by atoms with Crippen molar-refractivity contribution >= 4 is 17.7 Å². The molecule has 0 aliphatic carbocycles. The average Bonchev–Trinajstić information content (AvgIpc) is 2.81. The first-order valence-electron chi connectivity index (χ1n) is 5.01. The van der Waals surface area contributed by atoms with Crippen molar-refractivity contribution in [2.45, 2.75) is 11.3 Å². The Labute approximate surface area is 93.8 Å². The van der Waals surface area contributed by atoms with E-state index in [-0.39, 0.29) is 5.91 Å². The Hall–Kier alpha value is -1.00. The first kappa shape index (κ1) is 10.5. The summed E-state index contributed by atoms with van der Waals surface area (Å²) in [5.41, 5.74) is 3.87. The number of carbonyl (C=O) groups is 1. The number of hydrogen-bond acceptors (Lipinski definition) is 3. The van der Waals surface area contributed by atoms with Crippen LogP contribution in [0.25, 0.3) is 0 Å². The second-order valence-electron chi connectivity index (χ2n) is 3.42. The van der Waals surface area contributed by atoms with Crippen LogP contribution in [-0.4, -0.2) is 30.3 Å². The molecule has 0 aromatic heterocycles. The maximum atomic E-state index is 12.1. The summed E-state index contributed by atoms with van der Waals surface area (Å²) in [6.45, 7) is 1.70. The molecular formula is C11H14N2OS. The molecule has 4 heteroatoms. The van der Waals surface area contributed by atoms with Gasteiger partial charge in [0.05, 0.1) is 5.56 Å². The molecule has 1 amide bonds. The molecule has 1 aliphatic heterocycles. The largest absolute Gasteiger partial charge is 0.274 e. The Bertz CT molecular complexity index is 361. The Morgan fingerprint density at radius 2 is 2.27 bits per heavy atom. The van der Waals surface area contributed by atoms with Gasteiger partial charge in [-0.05, 0) is 24.8 Å². The molecule has 1 aromatic carbocycles. The number of thioether (sulfide) groups is 1. The van der Waals surface area contributed by atoms with Gasteiger partial charge in [-0.25, -0.2) is 5.43 Å². The fourth-order valence-electron chi connectivity index (χ4n) is 1.67. The summed E-state index contributed by atoms with van der Waals surface area (Å²) in [4.78, 5) is 13.1. The molecule has 0 unspecified atom stereocenters. The van der Waals surface area contributed by atoms with Crippen LogP contribution in [0.5, 0.6) is 0 Å². The van der Waals surface area contributed by atoms with E-state index >= 15 is 0 Å². The molecule has 0 atom stereocenters. The van der Waals surface area contributed by atoms with Crippen LogP contribution in [0.2, 0.25) is 0 Å². The second-order valence-corrected chi connectivity index (χ2v) is 4.27. The molecular weight excluding hydrogens is 208 g/mol. The SMILES string of the molecule is CSc1ccccc1C(=O)N1CCCN1. The van der Waals surface area contributed by atoms with Gasteiger partial charge in [-0.3, -0.25) is 9.80 Å². The molecule has 0 spiro atoms. The van der Waals surface area contributed by atoms with Gasteiger partial charge in [0.1, 0.15) is 0 Å². The Balaban J connectivity index is 2.24. The monoisotopic (exact) mass is 222 g/mol. The molecule has 1 heterocycles. The van der Waals surface area contributed by atoms with Crippen molar-refractivity contribution < 1.29 is 4.79 Å². The number of rotatable bonds is 2. The van der Waals surface area contributed by atoms with Crippen molar-refractivity contribution in [2.24, 2.45) is 0 Å². The van der Waals surface area contributed by atoms with Crippen LogP contribution in [-0.2, 0) is 0 Å². The average molecular weight is 222 g/mol. The Morgan fingerprint density at radius 1 is 1.47 bits per heavy atom. The fraction of sp³-hybridized carbons (Fsp3) is 0.364. The Morgan fingerprint density at radius 3 is 2.93 bits per heavy atom. The van der Waals surface area contributed by atoms with Gasteiger partial charge in [0.25, 0.3) is 5.91 Å². The highest BCUT2D eigenvalue weighted by atomic mass is 32.2. The highest BCUT2D eigenvalue weighted by Gasteiger charge is 2.20. The summed E-state index contributed by atoms with van der Waals surface area (Å²) in [6.07, 6.45) is 3.02. The van der Waals surface area contributed by atoms with Gasteiger partial charge in [-0.2, -0.15) is 0 Å². The van der Waals surface area contributed by atoms with Crippen molar-refractivity contribution in [1.29, 1.82) is 0 Å². The lowest BCUT2D eigenvalue weighted by molar-refractivity contribution is 0.0723. The summed E-state index contributed by atoms with van der Waals surface area (Å²) >= 11 is 1.61. The molecule has 1 saturated heterocycles. The van der Waals surface area contributed by atoms with E-state index < -0.39 is 0 Å². The molecule has 1 aliphatic rings. The third kappa shape index (κ3) is 2.16. The van der Waals surface area contributed by atoms with E-state index in [1.54, 1.807) is 16.8 Å². The van der Waals surface area contributed by atoms with E-state index in [2.05, 4.69) is 5.43 Å².